The van der Waals surface area contributed by atoms with E-state index in [0.29, 0.717) is 6.07 Å². The molecule has 7 heteroatoms. The minimum Gasteiger partial charge on any atom is -0.465 e. The highest BCUT2D eigenvalue weighted by Crippen LogP contribution is 2.35. The highest BCUT2D eigenvalue weighted by molar-refractivity contribution is 5.66. The number of rotatable bonds is 2. The predicted molar refractivity (Wildman–Crippen MR) is 59.2 cm³/mol. The van der Waals surface area contributed by atoms with Crippen molar-refractivity contribution >= 4 is 6.09 Å². The Hall–Kier alpha value is -1.76. The van der Waals surface area contributed by atoms with Crippen LogP contribution in [0.2, 0.25) is 0 Å². The molecule has 1 aromatic rings. The minimum atomic E-state index is -1.27. The summed E-state index contributed by atoms with van der Waals surface area (Å²) >= 11 is 0. The number of benzene rings is 1. The lowest BCUT2D eigenvalue weighted by Gasteiger charge is -2.19. The van der Waals surface area contributed by atoms with Gasteiger partial charge in [-0.2, -0.15) is 0 Å². The van der Waals surface area contributed by atoms with Crippen LogP contribution in [0.15, 0.2) is 12.1 Å². The second-order valence-corrected chi connectivity index (χ2v) is 4.31. The van der Waals surface area contributed by atoms with E-state index < -0.39 is 41.3 Å². The van der Waals surface area contributed by atoms with Crippen LogP contribution in [0, 0.1) is 17.5 Å². The molecule has 1 aliphatic heterocycles. The first-order valence-electron chi connectivity index (χ1n) is 5.61. The molecule has 2 atom stereocenters. The molecule has 1 aromatic carbocycles. The maximum Gasteiger partial charge on any atom is 0.409 e. The molecular formula is C12H12F3NO3. The molecular weight excluding hydrogens is 263 g/mol. The first kappa shape index (κ1) is 13.7. The first-order valence-corrected chi connectivity index (χ1v) is 5.61. The SMILES string of the molecule is COC1C[C@H](c2c(F)ccc(F)c2F)CN1C(=O)O. The molecule has 0 saturated carbocycles. The zero-order valence-electron chi connectivity index (χ0n) is 10.1. The summed E-state index contributed by atoms with van der Waals surface area (Å²) in [6.07, 6.45) is -1.95. The summed E-state index contributed by atoms with van der Waals surface area (Å²) < 4.78 is 45.4. The van der Waals surface area contributed by atoms with Crippen molar-refractivity contribution in [3.63, 3.8) is 0 Å². The van der Waals surface area contributed by atoms with Crippen molar-refractivity contribution in [2.24, 2.45) is 0 Å². The molecule has 1 aliphatic rings. The highest BCUT2D eigenvalue weighted by atomic mass is 19.2. The zero-order valence-corrected chi connectivity index (χ0v) is 10.1. The number of amides is 1. The Morgan fingerprint density at radius 1 is 1.37 bits per heavy atom. The van der Waals surface area contributed by atoms with Crippen molar-refractivity contribution in [1.82, 2.24) is 4.90 Å². The number of methoxy groups -OCH3 is 1. The van der Waals surface area contributed by atoms with Crippen molar-refractivity contribution in [3.8, 4) is 0 Å². The van der Waals surface area contributed by atoms with Gasteiger partial charge in [0.25, 0.3) is 0 Å². The van der Waals surface area contributed by atoms with Gasteiger partial charge in [-0.25, -0.2) is 18.0 Å². The van der Waals surface area contributed by atoms with Gasteiger partial charge in [0.1, 0.15) is 12.0 Å². The third-order valence-corrected chi connectivity index (χ3v) is 3.26. The molecule has 0 radical (unpaired) electrons. The molecule has 19 heavy (non-hydrogen) atoms. The highest BCUT2D eigenvalue weighted by Gasteiger charge is 2.38. The number of likely N-dealkylation sites (tertiary alicyclic amines) is 1. The molecule has 0 aliphatic carbocycles. The zero-order chi connectivity index (χ0) is 14.2. The van der Waals surface area contributed by atoms with E-state index in [4.69, 9.17) is 9.84 Å². The van der Waals surface area contributed by atoms with Crippen molar-refractivity contribution < 1.29 is 27.8 Å². The summed E-state index contributed by atoms with van der Waals surface area (Å²) in [6.45, 7) is -0.134. The fourth-order valence-electron chi connectivity index (χ4n) is 2.35. The van der Waals surface area contributed by atoms with Gasteiger partial charge in [-0.05, 0) is 12.1 Å². The van der Waals surface area contributed by atoms with Gasteiger partial charge < -0.3 is 9.84 Å². The average Bonchev–Trinajstić information content (AvgIpc) is 2.78. The van der Waals surface area contributed by atoms with Gasteiger partial charge in [0.2, 0.25) is 0 Å². The van der Waals surface area contributed by atoms with Crippen LogP contribution < -0.4 is 0 Å². The molecule has 0 spiro atoms. The monoisotopic (exact) mass is 275 g/mol. The molecule has 1 saturated heterocycles. The van der Waals surface area contributed by atoms with Gasteiger partial charge in [-0.3, -0.25) is 4.90 Å². The van der Waals surface area contributed by atoms with Gasteiger partial charge >= 0.3 is 6.09 Å². The van der Waals surface area contributed by atoms with Crippen LogP contribution in [0.1, 0.15) is 17.9 Å². The van der Waals surface area contributed by atoms with E-state index in [2.05, 4.69) is 0 Å². The quantitative estimate of drug-likeness (QED) is 0.844. The van der Waals surface area contributed by atoms with Crippen LogP contribution in [0.4, 0.5) is 18.0 Å². The maximum atomic E-state index is 13.7. The molecule has 1 N–H and O–H groups in total. The molecule has 104 valence electrons. The number of halogens is 3. The van der Waals surface area contributed by atoms with Crippen LogP contribution in [-0.2, 0) is 4.74 Å². The maximum absolute atomic E-state index is 13.7. The Morgan fingerprint density at radius 2 is 2.00 bits per heavy atom. The number of nitrogens with zero attached hydrogens (tertiary/aromatic N) is 1. The molecule has 0 bridgehead atoms. The predicted octanol–water partition coefficient (Wildman–Crippen LogP) is 2.54. The molecule has 1 unspecified atom stereocenters. The summed E-state index contributed by atoms with van der Waals surface area (Å²) in [7, 11) is 1.31. The summed E-state index contributed by atoms with van der Waals surface area (Å²) in [5, 5.41) is 8.96. The third kappa shape index (κ3) is 2.37. The van der Waals surface area contributed by atoms with Gasteiger partial charge in [-0.15, -0.1) is 0 Å². The number of carboxylic acid groups (broad SMARTS) is 1. The van der Waals surface area contributed by atoms with E-state index in [0.717, 1.165) is 11.0 Å². The van der Waals surface area contributed by atoms with Crippen LogP contribution in [0.5, 0.6) is 0 Å². The smallest absolute Gasteiger partial charge is 0.409 e. The largest absolute Gasteiger partial charge is 0.465 e. The fraction of sp³-hybridized carbons (Fsp3) is 0.417. The average molecular weight is 275 g/mol. The second-order valence-electron chi connectivity index (χ2n) is 4.31. The minimum absolute atomic E-state index is 0.0834. The van der Waals surface area contributed by atoms with E-state index in [1.54, 1.807) is 0 Å². The Labute approximate surface area is 107 Å². The van der Waals surface area contributed by atoms with Crippen LogP contribution in [0.3, 0.4) is 0 Å². The van der Waals surface area contributed by atoms with E-state index in [-0.39, 0.29) is 13.0 Å². The van der Waals surface area contributed by atoms with Crippen LogP contribution in [0.25, 0.3) is 0 Å². The van der Waals surface area contributed by atoms with Crippen molar-refractivity contribution in [1.29, 1.82) is 0 Å². The lowest BCUT2D eigenvalue weighted by atomic mass is 9.96. The molecule has 1 heterocycles. The van der Waals surface area contributed by atoms with Crippen LogP contribution in [-0.4, -0.2) is 36.0 Å². The Balaban J connectivity index is 2.35. The topological polar surface area (TPSA) is 49.8 Å². The molecule has 4 nitrogen and oxygen atoms in total. The number of ether oxygens (including phenoxy) is 1. The van der Waals surface area contributed by atoms with Crippen molar-refractivity contribution in [2.75, 3.05) is 13.7 Å². The molecule has 2 rings (SSSR count). The van der Waals surface area contributed by atoms with Gasteiger partial charge in [0, 0.05) is 31.6 Å². The third-order valence-electron chi connectivity index (χ3n) is 3.26. The van der Waals surface area contributed by atoms with E-state index in [9.17, 15) is 18.0 Å². The Kier molecular flexibility index (Phi) is 3.66. The molecule has 1 amide bonds. The number of carbonyl (C=O) groups is 1. The summed E-state index contributed by atoms with van der Waals surface area (Å²) in [5.74, 6) is -4.08. The second kappa shape index (κ2) is 5.08. The van der Waals surface area contributed by atoms with Gasteiger partial charge in [-0.1, -0.05) is 0 Å². The summed E-state index contributed by atoms with van der Waals surface area (Å²) in [5.41, 5.74) is -0.425. The Morgan fingerprint density at radius 3 is 2.53 bits per heavy atom. The first-order chi connectivity index (χ1) is 8.95. The molecule has 1 fully saturated rings. The summed E-state index contributed by atoms with van der Waals surface area (Å²) in [6, 6.07) is 1.53. The van der Waals surface area contributed by atoms with Crippen molar-refractivity contribution in [3.05, 3.63) is 35.1 Å². The van der Waals surface area contributed by atoms with Gasteiger partial charge in [0.15, 0.2) is 11.6 Å². The number of hydrogen-bond acceptors (Lipinski definition) is 2. The standard InChI is InChI=1S/C12H12F3NO3/c1-19-9-4-6(5-16(9)12(17)18)10-7(13)2-3-8(14)11(10)15/h2-3,6,9H,4-5H2,1H3,(H,17,18)/t6-,9?/m0/s1. The lowest BCUT2D eigenvalue weighted by Crippen LogP contribution is -2.35. The van der Waals surface area contributed by atoms with E-state index >= 15 is 0 Å². The lowest BCUT2D eigenvalue weighted by molar-refractivity contribution is 0.00415. The summed E-state index contributed by atoms with van der Waals surface area (Å²) in [4.78, 5) is 11.9. The molecule has 0 aromatic heterocycles. The Bertz CT molecular complexity index is 509. The van der Waals surface area contributed by atoms with Gasteiger partial charge in [0.05, 0.1) is 0 Å². The van der Waals surface area contributed by atoms with Crippen LogP contribution >= 0.6 is 0 Å². The van der Waals surface area contributed by atoms with E-state index in [1.807, 2.05) is 0 Å². The van der Waals surface area contributed by atoms with E-state index in [1.165, 1.54) is 7.11 Å². The number of hydrogen-bond donors (Lipinski definition) is 1. The fourth-order valence-corrected chi connectivity index (χ4v) is 2.35. The normalized spacial score (nSPS) is 22.8. The van der Waals surface area contributed by atoms with Crippen molar-refractivity contribution in [2.45, 2.75) is 18.6 Å².